The molecule has 132 valence electrons. The topological polar surface area (TPSA) is 94.1 Å². The highest BCUT2D eigenvalue weighted by molar-refractivity contribution is 5.74. The molecule has 24 heavy (non-hydrogen) atoms. The number of aromatic nitrogens is 4. The summed E-state index contributed by atoms with van der Waals surface area (Å²) in [7, 11) is 0. The molecule has 1 saturated heterocycles. The maximum absolute atomic E-state index is 12.3. The number of H-pyrrole nitrogens is 1. The highest BCUT2D eigenvalue weighted by atomic mass is 16.5. The third-order valence-corrected chi connectivity index (χ3v) is 3.93. The lowest BCUT2D eigenvalue weighted by Gasteiger charge is -2.20. The van der Waals surface area contributed by atoms with Gasteiger partial charge in [-0.1, -0.05) is 0 Å². The molecule has 0 bridgehead atoms. The molecule has 0 aliphatic carbocycles. The second kappa shape index (κ2) is 6.52. The number of anilines is 1. The Morgan fingerprint density at radius 2 is 2.33 bits per heavy atom. The Kier molecular flexibility index (Phi) is 4.60. The van der Waals surface area contributed by atoms with Crippen molar-refractivity contribution in [1.82, 2.24) is 19.7 Å². The van der Waals surface area contributed by atoms with Gasteiger partial charge in [0.25, 0.3) is 5.56 Å². The first-order valence-electron chi connectivity index (χ1n) is 8.29. The maximum atomic E-state index is 12.3. The number of hydrogen-bond donors (Lipinski definition) is 2. The summed E-state index contributed by atoms with van der Waals surface area (Å²) in [6.45, 7) is 9.99. The third-order valence-electron chi connectivity index (χ3n) is 3.93. The first-order valence-corrected chi connectivity index (χ1v) is 8.29. The van der Waals surface area contributed by atoms with Gasteiger partial charge in [0.1, 0.15) is 5.39 Å². The number of rotatable bonds is 5. The van der Waals surface area contributed by atoms with Crippen molar-refractivity contribution in [1.29, 1.82) is 0 Å². The number of aromatic amines is 1. The number of hydrogen-bond acceptors (Lipinski definition) is 6. The summed E-state index contributed by atoms with van der Waals surface area (Å²) in [5, 5.41) is 7.99. The van der Waals surface area contributed by atoms with Crippen LogP contribution in [0.2, 0.25) is 0 Å². The molecule has 0 radical (unpaired) electrons. The second-order valence-electron chi connectivity index (χ2n) is 7.24. The van der Waals surface area contributed by atoms with Gasteiger partial charge in [-0.25, -0.2) is 4.68 Å². The van der Waals surface area contributed by atoms with Crippen molar-refractivity contribution in [3.63, 3.8) is 0 Å². The van der Waals surface area contributed by atoms with E-state index in [2.05, 4.69) is 20.4 Å². The van der Waals surface area contributed by atoms with E-state index >= 15 is 0 Å². The quantitative estimate of drug-likeness (QED) is 0.859. The van der Waals surface area contributed by atoms with Gasteiger partial charge in [-0.3, -0.25) is 9.78 Å². The lowest BCUT2D eigenvalue weighted by atomic mass is 10.1. The van der Waals surface area contributed by atoms with Crippen LogP contribution in [0.1, 0.15) is 34.1 Å². The van der Waals surface area contributed by atoms with Crippen LogP contribution < -0.4 is 10.9 Å². The van der Waals surface area contributed by atoms with Crippen LogP contribution in [-0.4, -0.2) is 51.7 Å². The summed E-state index contributed by atoms with van der Waals surface area (Å²) in [6.07, 6.45) is 2.65. The van der Waals surface area contributed by atoms with E-state index in [1.165, 1.54) is 0 Å². The predicted octanol–water partition coefficient (Wildman–Crippen LogP) is 1.48. The Hall–Kier alpha value is -1.93. The van der Waals surface area contributed by atoms with Crippen LogP contribution in [0, 0.1) is 0 Å². The Balaban J connectivity index is 1.75. The van der Waals surface area contributed by atoms with E-state index in [0.29, 0.717) is 30.2 Å². The minimum atomic E-state index is -0.253. The smallest absolute Gasteiger partial charge is 0.263 e. The molecule has 0 amide bonds. The minimum absolute atomic E-state index is 0.0113. The Bertz CT molecular complexity index is 755. The molecule has 2 aromatic heterocycles. The Morgan fingerprint density at radius 1 is 1.54 bits per heavy atom. The summed E-state index contributed by atoms with van der Waals surface area (Å²) >= 11 is 0. The van der Waals surface area contributed by atoms with Crippen LogP contribution in [0.15, 0.2) is 11.0 Å². The Labute approximate surface area is 140 Å². The van der Waals surface area contributed by atoms with Gasteiger partial charge in [0.05, 0.1) is 31.1 Å². The van der Waals surface area contributed by atoms with Gasteiger partial charge in [-0.15, -0.1) is 0 Å². The van der Waals surface area contributed by atoms with E-state index in [4.69, 9.17) is 9.47 Å². The molecule has 0 spiro atoms. The van der Waals surface area contributed by atoms with Crippen molar-refractivity contribution in [3.8, 4) is 0 Å². The average Bonchev–Trinajstić information content (AvgIpc) is 3.13. The fourth-order valence-corrected chi connectivity index (χ4v) is 2.68. The van der Waals surface area contributed by atoms with Crippen molar-refractivity contribution >= 4 is 17.0 Å². The number of nitrogens with zero attached hydrogens (tertiary/aromatic N) is 3. The molecule has 0 saturated carbocycles. The van der Waals surface area contributed by atoms with Crippen molar-refractivity contribution in [2.24, 2.45) is 0 Å². The molecular formula is C16H25N5O3. The first kappa shape index (κ1) is 16.9. The van der Waals surface area contributed by atoms with Gasteiger partial charge >= 0.3 is 0 Å². The molecular weight excluding hydrogens is 310 g/mol. The van der Waals surface area contributed by atoms with Gasteiger partial charge < -0.3 is 14.8 Å². The van der Waals surface area contributed by atoms with E-state index < -0.39 is 0 Å². The van der Waals surface area contributed by atoms with Gasteiger partial charge in [0.15, 0.2) is 5.65 Å². The lowest BCUT2D eigenvalue weighted by Crippen LogP contribution is -2.28. The van der Waals surface area contributed by atoms with Crippen LogP contribution in [0.4, 0.5) is 5.95 Å². The zero-order valence-electron chi connectivity index (χ0n) is 14.6. The maximum Gasteiger partial charge on any atom is 0.263 e. The van der Waals surface area contributed by atoms with Crippen molar-refractivity contribution in [3.05, 3.63) is 16.6 Å². The van der Waals surface area contributed by atoms with E-state index in [1.807, 2.05) is 27.7 Å². The number of ether oxygens (including phenoxy) is 2. The van der Waals surface area contributed by atoms with Gasteiger partial charge in [0, 0.05) is 12.6 Å². The molecule has 3 heterocycles. The monoisotopic (exact) mass is 335 g/mol. The molecule has 0 aromatic carbocycles. The van der Waals surface area contributed by atoms with E-state index in [0.717, 1.165) is 13.0 Å². The molecule has 8 nitrogen and oxygen atoms in total. The van der Waals surface area contributed by atoms with Crippen LogP contribution in [0.25, 0.3) is 11.0 Å². The summed E-state index contributed by atoms with van der Waals surface area (Å²) in [5.41, 5.74) is 0.123. The molecule has 1 fully saturated rings. The van der Waals surface area contributed by atoms with Crippen LogP contribution >= 0.6 is 0 Å². The van der Waals surface area contributed by atoms with E-state index in [9.17, 15) is 4.79 Å². The SMILES string of the molecule is CC(COC1CCOC1)Nc1nc2c(cnn2C(C)(C)C)c(=O)[nH]1. The van der Waals surface area contributed by atoms with Gasteiger partial charge in [-0.2, -0.15) is 10.1 Å². The summed E-state index contributed by atoms with van der Waals surface area (Å²) < 4.78 is 12.8. The Morgan fingerprint density at radius 3 is 3.00 bits per heavy atom. The number of fused-ring (bicyclic) bond motifs is 1. The molecule has 8 heteroatoms. The molecule has 2 unspecified atom stereocenters. The second-order valence-corrected chi connectivity index (χ2v) is 7.24. The van der Waals surface area contributed by atoms with Crippen molar-refractivity contribution in [2.45, 2.75) is 51.8 Å². The first-order chi connectivity index (χ1) is 11.3. The zero-order valence-corrected chi connectivity index (χ0v) is 14.6. The minimum Gasteiger partial charge on any atom is -0.379 e. The fraction of sp³-hybridized carbons (Fsp3) is 0.688. The molecule has 1 aliphatic heterocycles. The van der Waals surface area contributed by atoms with Gasteiger partial charge in [-0.05, 0) is 34.1 Å². The summed E-state index contributed by atoms with van der Waals surface area (Å²) in [5.74, 6) is 0.428. The van der Waals surface area contributed by atoms with Crippen LogP contribution in [0.3, 0.4) is 0 Å². The highest BCUT2D eigenvalue weighted by Gasteiger charge is 2.21. The average molecular weight is 335 g/mol. The van der Waals surface area contributed by atoms with Gasteiger partial charge in [0.2, 0.25) is 5.95 Å². The largest absolute Gasteiger partial charge is 0.379 e. The number of nitrogens with one attached hydrogen (secondary N) is 2. The molecule has 2 aromatic rings. The normalized spacial score (nSPS) is 19.8. The predicted molar refractivity (Wildman–Crippen MR) is 91.4 cm³/mol. The molecule has 2 atom stereocenters. The lowest BCUT2D eigenvalue weighted by molar-refractivity contribution is 0.0394. The summed E-state index contributed by atoms with van der Waals surface area (Å²) in [4.78, 5) is 19.5. The van der Waals surface area contributed by atoms with Crippen LogP contribution in [0.5, 0.6) is 0 Å². The van der Waals surface area contributed by atoms with E-state index in [-0.39, 0.29) is 23.2 Å². The molecule has 3 rings (SSSR count). The molecule has 2 N–H and O–H groups in total. The standard InChI is InChI=1S/C16H25N5O3/c1-10(8-24-11-5-6-23-9-11)18-15-19-13-12(14(22)20-15)7-17-21(13)16(2,3)4/h7,10-11H,5-6,8-9H2,1-4H3,(H2,18,19,20,22). The fourth-order valence-electron chi connectivity index (χ4n) is 2.68. The van der Waals surface area contributed by atoms with E-state index in [1.54, 1.807) is 10.9 Å². The van der Waals surface area contributed by atoms with Crippen LogP contribution in [-0.2, 0) is 15.0 Å². The van der Waals surface area contributed by atoms with Crippen molar-refractivity contribution in [2.75, 3.05) is 25.1 Å². The van der Waals surface area contributed by atoms with Crippen molar-refractivity contribution < 1.29 is 9.47 Å². The summed E-state index contributed by atoms with van der Waals surface area (Å²) in [6, 6.07) is 0.0113. The highest BCUT2D eigenvalue weighted by Crippen LogP contribution is 2.19. The molecule has 1 aliphatic rings. The third kappa shape index (κ3) is 3.59. The zero-order chi connectivity index (χ0) is 17.3.